The SMILES string of the molecule is O=C(C1CN(Cc2ccc(Cl)cc2)CCO1)N1CCc2ccccc2C1. The number of halogens is 1. The molecule has 2 aliphatic heterocycles. The number of carbonyl (C=O) groups excluding carboxylic acids is 1. The van der Waals surface area contributed by atoms with Crippen molar-refractivity contribution in [2.75, 3.05) is 26.2 Å². The smallest absolute Gasteiger partial charge is 0.253 e. The van der Waals surface area contributed by atoms with E-state index in [-0.39, 0.29) is 12.0 Å². The van der Waals surface area contributed by atoms with Crippen molar-refractivity contribution < 1.29 is 9.53 Å². The Hall–Kier alpha value is -1.88. The van der Waals surface area contributed by atoms with E-state index in [0.717, 1.165) is 31.1 Å². The Morgan fingerprint density at radius 2 is 1.85 bits per heavy atom. The Balaban J connectivity index is 1.38. The van der Waals surface area contributed by atoms with Crippen LogP contribution in [0, 0.1) is 0 Å². The molecule has 1 saturated heterocycles. The van der Waals surface area contributed by atoms with Gasteiger partial charge in [0.25, 0.3) is 5.91 Å². The Morgan fingerprint density at radius 3 is 2.65 bits per heavy atom. The predicted molar refractivity (Wildman–Crippen MR) is 102 cm³/mol. The molecule has 0 radical (unpaired) electrons. The second-order valence-corrected chi connectivity index (χ2v) is 7.44. The molecule has 1 atom stereocenters. The van der Waals surface area contributed by atoms with Gasteiger partial charge in [0.15, 0.2) is 0 Å². The molecule has 2 aromatic carbocycles. The lowest BCUT2D eigenvalue weighted by atomic mass is 9.99. The number of morpholine rings is 1. The summed E-state index contributed by atoms with van der Waals surface area (Å²) in [6, 6.07) is 16.3. The van der Waals surface area contributed by atoms with Gasteiger partial charge in [-0.2, -0.15) is 0 Å². The lowest BCUT2D eigenvalue weighted by molar-refractivity contribution is -0.150. The summed E-state index contributed by atoms with van der Waals surface area (Å²) in [6.45, 7) is 4.34. The monoisotopic (exact) mass is 370 g/mol. The quantitative estimate of drug-likeness (QED) is 0.832. The minimum Gasteiger partial charge on any atom is -0.366 e. The summed E-state index contributed by atoms with van der Waals surface area (Å²) in [6.07, 6.45) is 0.546. The second kappa shape index (κ2) is 7.78. The molecule has 26 heavy (non-hydrogen) atoms. The third-order valence-corrected chi connectivity index (χ3v) is 5.44. The number of benzene rings is 2. The van der Waals surface area contributed by atoms with Crippen LogP contribution in [0.25, 0.3) is 0 Å². The summed E-state index contributed by atoms with van der Waals surface area (Å²) in [5.74, 6) is 0.111. The van der Waals surface area contributed by atoms with Crippen LogP contribution in [0.3, 0.4) is 0 Å². The maximum absolute atomic E-state index is 13.0. The van der Waals surface area contributed by atoms with Crippen molar-refractivity contribution in [1.82, 2.24) is 9.80 Å². The van der Waals surface area contributed by atoms with Crippen LogP contribution >= 0.6 is 11.6 Å². The van der Waals surface area contributed by atoms with Crippen LogP contribution in [0.1, 0.15) is 16.7 Å². The van der Waals surface area contributed by atoms with E-state index in [1.165, 1.54) is 16.7 Å². The number of nitrogens with zero attached hydrogens (tertiary/aromatic N) is 2. The fourth-order valence-electron chi connectivity index (χ4n) is 3.73. The van der Waals surface area contributed by atoms with Gasteiger partial charge >= 0.3 is 0 Å². The van der Waals surface area contributed by atoms with Gasteiger partial charge in [-0.1, -0.05) is 48.0 Å². The maximum atomic E-state index is 13.0. The molecule has 0 aromatic heterocycles. The number of hydrogen-bond donors (Lipinski definition) is 0. The van der Waals surface area contributed by atoms with E-state index < -0.39 is 0 Å². The summed E-state index contributed by atoms with van der Waals surface area (Å²) >= 11 is 5.96. The van der Waals surface area contributed by atoms with Crippen molar-refractivity contribution in [1.29, 1.82) is 0 Å². The lowest BCUT2D eigenvalue weighted by Crippen LogP contribution is -2.51. The molecule has 0 saturated carbocycles. The molecule has 5 heteroatoms. The van der Waals surface area contributed by atoms with Crippen LogP contribution in [0.2, 0.25) is 5.02 Å². The van der Waals surface area contributed by atoms with Gasteiger partial charge < -0.3 is 9.64 Å². The van der Waals surface area contributed by atoms with Crippen molar-refractivity contribution >= 4 is 17.5 Å². The minimum atomic E-state index is -0.374. The van der Waals surface area contributed by atoms with Crippen molar-refractivity contribution in [2.24, 2.45) is 0 Å². The third-order valence-electron chi connectivity index (χ3n) is 5.19. The molecule has 4 nitrogen and oxygen atoms in total. The third kappa shape index (κ3) is 3.93. The second-order valence-electron chi connectivity index (χ2n) is 7.00. The average molecular weight is 371 g/mol. The molecule has 4 rings (SSSR count). The predicted octanol–water partition coefficient (Wildman–Crippen LogP) is 3.13. The fourth-order valence-corrected chi connectivity index (χ4v) is 3.86. The molecule has 0 bridgehead atoms. The van der Waals surface area contributed by atoms with Gasteiger partial charge in [0, 0.05) is 37.7 Å². The number of carbonyl (C=O) groups is 1. The first-order chi connectivity index (χ1) is 12.7. The number of rotatable bonds is 3. The topological polar surface area (TPSA) is 32.8 Å². The highest BCUT2D eigenvalue weighted by atomic mass is 35.5. The largest absolute Gasteiger partial charge is 0.366 e. The number of amides is 1. The molecular formula is C21H23ClN2O2. The van der Waals surface area contributed by atoms with Crippen molar-refractivity contribution in [3.05, 3.63) is 70.2 Å². The van der Waals surface area contributed by atoms with Crippen molar-refractivity contribution in [3.63, 3.8) is 0 Å². The molecule has 0 spiro atoms. The van der Waals surface area contributed by atoms with Crippen LogP contribution in [-0.2, 0) is 29.0 Å². The summed E-state index contributed by atoms with van der Waals surface area (Å²) < 4.78 is 5.81. The molecule has 1 fully saturated rings. The summed E-state index contributed by atoms with van der Waals surface area (Å²) in [5, 5.41) is 0.745. The Labute approximate surface area is 159 Å². The molecule has 2 aromatic rings. The van der Waals surface area contributed by atoms with E-state index in [1.807, 2.05) is 35.2 Å². The number of hydrogen-bond acceptors (Lipinski definition) is 3. The average Bonchev–Trinajstić information content (AvgIpc) is 2.69. The highest BCUT2D eigenvalue weighted by Crippen LogP contribution is 2.21. The van der Waals surface area contributed by atoms with Gasteiger partial charge in [0.1, 0.15) is 6.10 Å². The van der Waals surface area contributed by atoms with Gasteiger partial charge in [0.2, 0.25) is 0 Å². The molecule has 1 unspecified atom stereocenters. The van der Waals surface area contributed by atoms with Crippen molar-refractivity contribution in [3.8, 4) is 0 Å². The van der Waals surface area contributed by atoms with Crippen LogP contribution in [0.4, 0.5) is 0 Å². The van der Waals surface area contributed by atoms with Gasteiger partial charge in [-0.15, -0.1) is 0 Å². The minimum absolute atomic E-state index is 0.111. The van der Waals surface area contributed by atoms with Crippen LogP contribution < -0.4 is 0 Å². The van der Waals surface area contributed by atoms with Crippen molar-refractivity contribution in [2.45, 2.75) is 25.6 Å². The van der Waals surface area contributed by atoms with E-state index >= 15 is 0 Å². The standard InChI is InChI=1S/C21H23ClN2O2/c22-19-7-5-16(6-8-19)13-23-11-12-26-20(15-23)21(25)24-10-9-17-3-1-2-4-18(17)14-24/h1-8,20H,9-15H2. The summed E-state index contributed by atoms with van der Waals surface area (Å²) in [4.78, 5) is 17.2. The summed E-state index contributed by atoms with van der Waals surface area (Å²) in [7, 11) is 0. The first-order valence-corrected chi connectivity index (χ1v) is 9.51. The van der Waals surface area contributed by atoms with Crippen LogP contribution in [0.5, 0.6) is 0 Å². The Morgan fingerprint density at radius 1 is 1.08 bits per heavy atom. The van der Waals surface area contributed by atoms with Gasteiger partial charge in [0.05, 0.1) is 6.61 Å². The zero-order valence-corrected chi connectivity index (χ0v) is 15.5. The van der Waals surface area contributed by atoms with E-state index in [9.17, 15) is 4.79 Å². The molecule has 2 heterocycles. The first kappa shape index (κ1) is 17.5. The molecular weight excluding hydrogens is 348 g/mol. The highest BCUT2D eigenvalue weighted by molar-refractivity contribution is 6.30. The molecule has 0 aliphatic carbocycles. The number of fused-ring (bicyclic) bond motifs is 1. The Bertz CT molecular complexity index is 778. The van der Waals surface area contributed by atoms with Gasteiger partial charge in [-0.3, -0.25) is 9.69 Å². The zero-order chi connectivity index (χ0) is 17.9. The van der Waals surface area contributed by atoms with E-state index in [0.29, 0.717) is 19.7 Å². The van der Waals surface area contributed by atoms with Crippen LogP contribution in [0.15, 0.2) is 48.5 Å². The fraction of sp³-hybridized carbons (Fsp3) is 0.381. The highest BCUT2D eigenvalue weighted by Gasteiger charge is 2.31. The van der Waals surface area contributed by atoms with E-state index in [4.69, 9.17) is 16.3 Å². The summed E-state index contributed by atoms with van der Waals surface area (Å²) in [5.41, 5.74) is 3.81. The maximum Gasteiger partial charge on any atom is 0.253 e. The number of ether oxygens (including phenoxy) is 1. The van der Waals surface area contributed by atoms with E-state index in [2.05, 4.69) is 23.1 Å². The van der Waals surface area contributed by atoms with Gasteiger partial charge in [-0.05, 0) is 35.2 Å². The molecule has 136 valence electrons. The van der Waals surface area contributed by atoms with E-state index in [1.54, 1.807) is 0 Å². The normalized spacial score (nSPS) is 20.7. The molecule has 1 amide bonds. The zero-order valence-electron chi connectivity index (χ0n) is 14.7. The molecule has 2 aliphatic rings. The van der Waals surface area contributed by atoms with Crippen LogP contribution in [-0.4, -0.2) is 48.1 Å². The van der Waals surface area contributed by atoms with Gasteiger partial charge in [-0.25, -0.2) is 0 Å². The molecule has 0 N–H and O–H groups in total. The lowest BCUT2D eigenvalue weighted by Gasteiger charge is -2.36. The first-order valence-electron chi connectivity index (χ1n) is 9.13. The Kier molecular flexibility index (Phi) is 5.25.